The number of nitrogens with zero attached hydrogens (tertiary/aromatic N) is 3. The maximum atomic E-state index is 5.83. The Labute approximate surface area is 118 Å². The third-order valence-corrected chi connectivity index (χ3v) is 3.74. The maximum absolute atomic E-state index is 5.83. The Morgan fingerprint density at radius 3 is 2.74 bits per heavy atom. The van der Waals surface area contributed by atoms with Gasteiger partial charge in [-0.15, -0.1) is 0 Å². The quantitative estimate of drug-likeness (QED) is 0.853. The first-order chi connectivity index (χ1) is 9.10. The van der Waals surface area contributed by atoms with Gasteiger partial charge in [0.1, 0.15) is 5.82 Å². The van der Waals surface area contributed by atoms with Crippen LogP contribution in [-0.4, -0.2) is 15.4 Å². The number of aryl methyl sites for hydroxylation is 1. The summed E-state index contributed by atoms with van der Waals surface area (Å²) in [6.07, 6.45) is 0.876. The van der Waals surface area contributed by atoms with E-state index in [4.69, 9.17) is 5.73 Å². The summed E-state index contributed by atoms with van der Waals surface area (Å²) in [6.45, 7) is 7.21. The van der Waals surface area contributed by atoms with Crippen molar-refractivity contribution in [2.24, 2.45) is 0 Å². The van der Waals surface area contributed by atoms with Crippen molar-refractivity contribution >= 4 is 22.4 Å². The fourth-order valence-corrected chi connectivity index (χ4v) is 2.75. The Kier molecular flexibility index (Phi) is 4.37. The van der Waals surface area contributed by atoms with Crippen molar-refractivity contribution in [2.75, 3.05) is 10.6 Å². The number of benzene rings is 1. The first kappa shape index (κ1) is 13.8. The number of aromatic nitrogens is 2. The zero-order valence-electron chi connectivity index (χ0n) is 11.6. The largest absolute Gasteiger partial charge is 0.399 e. The second kappa shape index (κ2) is 6.02. The minimum absolute atomic E-state index is 0.374. The minimum atomic E-state index is 0.374. The molecular formula is C14H20N4S. The Morgan fingerprint density at radius 1 is 1.37 bits per heavy atom. The van der Waals surface area contributed by atoms with E-state index in [1.165, 1.54) is 17.1 Å². The van der Waals surface area contributed by atoms with Gasteiger partial charge in [-0.1, -0.05) is 19.1 Å². The molecule has 2 rings (SSSR count). The van der Waals surface area contributed by atoms with Crippen LogP contribution in [0.4, 0.5) is 10.8 Å². The molecule has 0 aliphatic heterocycles. The van der Waals surface area contributed by atoms with Gasteiger partial charge >= 0.3 is 0 Å². The summed E-state index contributed by atoms with van der Waals surface area (Å²) in [6, 6.07) is 8.37. The fourth-order valence-electron chi connectivity index (χ4n) is 1.86. The minimum Gasteiger partial charge on any atom is -0.399 e. The molecule has 102 valence electrons. The number of rotatable bonds is 5. The molecular weight excluding hydrogens is 256 g/mol. The summed E-state index contributed by atoms with van der Waals surface area (Å²) < 4.78 is 4.36. The molecule has 2 aromatic rings. The van der Waals surface area contributed by atoms with E-state index in [0.717, 1.165) is 29.6 Å². The van der Waals surface area contributed by atoms with Crippen LogP contribution >= 0.6 is 11.5 Å². The van der Waals surface area contributed by atoms with Crippen LogP contribution in [0.2, 0.25) is 0 Å². The molecule has 1 aromatic heterocycles. The molecule has 0 atom stereocenters. The zero-order chi connectivity index (χ0) is 13.8. The Morgan fingerprint density at radius 2 is 2.16 bits per heavy atom. The molecule has 5 heteroatoms. The molecule has 0 saturated carbocycles. The summed E-state index contributed by atoms with van der Waals surface area (Å²) in [5.74, 6) is 0.915. The molecule has 1 heterocycles. The van der Waals surface area contributed by atoms with Crippen LogP contribution in [0, 0.1) is 0 Å². The third kappa shape index (κ3) is 3.44. The SMILES string of the molecule is CCc1nsc(N(Cc2cccc(N)c2)C(C)C)n1. The lowest BCUT2D eigenvalue weighted by Crippen LogP contribution is -2.30. The van der Waals surface area contributed by atoms with Crippen molar-refractivity contribution in [3.05, 3.63) is 35.7 Å². The van der Waals surface area contributed by atoms with Crippen LogP contribution in [0.5, 0.6) is 0 Å². The maximum Gasteiger partial charge on any atom is 0.205 e. The number of nitrogens with two attached hydrogens (primary N) is 1. The number of hydrogen-bond donors (Lipinski definition) is 1. The van der Waals surface area contributed by atoms with E-state index in [0.29, 0.717) is 6.04 Å². The highest BCUT2D eigenvalue weighted by Gasteiger charge is 2.15. The lowest BCUT2D eigenvalue weighted by atomic mass is 10.2. The fraction of sp³-hybridized carbons (Fsp3) is 0.429. The average molecular weight is 276 g/mol. The lowest BCUT2D eigenvalue weighted by Gasteiger charge is -2.25. The summed E-state index contributed by atoms with van der Waals surface area (Å²) >= 11 is 1.47. The van der Waals surface area contributed by atoms with Gasteiger partial charge in [-0.2, -0.15) is 4.37 Å². The third-order valence-electron chi connectivity index (χ3n) is 2.95. The van der Waals surface area contributed by atoms with Crippen LogP contribution in [0.25, 0.3) is 0 Å². The molecule has 0 aliphatic rings. The predicted octanol–water partition coefficient (Wildman–Crippen LogP) is 3.10. The van der Waals surface area contributed by atoms with E-state index in [-0.39, 0.29) is 0 Å². The number of hydrogen-bond acceptors (Lipinski definition) is 5. The molecule has 0 saturated heterocycles. The van der Waals surface area contributed by atoms with E-state index in [9.17, 15) is 0 Å². The van der Waals surface area contributed by atoms with Gasteiger partial charge in [0.2, 0.25) is 5.13 Å². The van der Waals surface area contributed by atoms with Gasteiger partial charge in [0, 0.05) is 36.2 Å². The number of nitrogen functional groups attached to an aromatic ring is 1. The van der Waals surface area contributed by atoms with E-state index >= 15 is 0 Å². The summed E-state index contributed by atoms with van der Waals surface area (Å²) in [5, 5.41) is 0.981. The van der Waals surface area contributed by atoms with Crippen LogP contribution in [0.1, 0.15) is 32.2 Å². The van der Waals surface area contributed by atoms with Crippen molar-refractivity contribution in [1.82, 2.24) is 9.36 Å². The second-order valence-electron chi connectivity index (χ2n) is 4.81. The summed E-state index contributed by atoms with van der Waals surface area (Å²) in [5.41, 5.74) is 7.83. The van der Waals surface area contributed by atoms with E-state index < -0.39 is 0 Å². The molecule has 19 heavy (non-hydrogen) atoms. The predicted molar refractivity (Wildman–Crippen MR) is 81.5 cm³/mol. The van der Waals surface area contributed by atoms with Gasteiger partial charge in [0.05, 0.1) is 0 Å². The average Bonchev–Trinajstić information content (AvgIpc) is 2.84. The monoisotopic (exact) mass is 276 g/mol. The molecule has 2 N–H and O–H groups in total. The smallest absolute Gasteiger partial charge is 0.205 e. The van der Waals surface area contributed by atoms with E-state index in [1.54, 1.807) is 0 Å². The van der Waals surface area contributed by atoms with Crippen molar-refractivity contribution < 1.29 is 0 Å². The molecule has 4 nitrogen and oxygen atoms in total. The Hall–Kier alpha value is -1.62. The van der Waals surface area contributed by atoms with Crippen molar-refractivity contribution in [2.45, 2.75) is 39.8 Å². The molecule has 0 fully saturated rings. The zero-order valence-corrected chi connectivity index (χ0v) is 12.4. The molecule has 0 spiro atoms. The van der Waals surface area contributed by atoms with Crippen LogP contribution in [-0.2, 0) is 13.0 Å². The van der Waals surface area contributed by atoms with Crippen molar-refractivity contribution in [3.63, 3.8) is 0 Å². The molecule has 0 radical (unpaired) electrons. The molecule has 0 aliphatic carbocycles. The van der Waals surface area contributed by atoms with Crippen LogP contribution in [0.3, 0.4) is 0 Å². The molecule has 0 unspecified atom stereocenters. The van der Waals surface area contributed by atoms with Gasteiger partial charge in [-0.25, -0.2) is 4.98 Å². The van der Waals surface area contributed by atoms with E-state index in [2.05, 4.69) is 41.1 Å². The topological polar surface area (TPSA) is 55.0 Å². The van der Waals surface area contributed by atoms with Gasteiger partial charge in [0.25, 0.3) is 0 Å². The lowest BCUT2D eigenvalue weighted by molar-refractivity contribution is 0.678. The van der Waals surface area contributed by atoms with Gasteiger partial charge < -0.3 is 10.6 Å². The van der Waals surface area contributed by atoms with Crippen molar-refractivity contribution in [3.8, 4) is 0 Å². The highest BCUT2D eigenvalue weighted by molar-refractivity contribution is 7.09. The number of anilines is 2. The Bertz CT molecular complexity index is 536. The van der Waals surface area contributed by atoms with Gasteiger partial charge in [-0.05, 0) is 31.5 Å². The summed E-state index contributed by atoms with van der Waals surface area (Å²) in [7, 11) is 0. The highest BCUT2D eigenvalue weighted by Crippen LogP contribution is 2.23. The Balaban J connectivity index is 2.21. The normalized spacial score (nSPS) is 10.9. The molecule has 0 bridgehead atoms. The summed E-state index contributed by atoms with van der Waals surface area (Å²) in [4.78, 5) is 6.83. The highest BCUT2D eigenvalue weighted by atomic mass is 32.1. The molecule has 1 aromatic carbocycles. The first-order valence-electron chi connectivity index (χ1n) is 6.53. The van der Waals surface area contributed by atoms with Crippen LogP contribution < -0.4 is 10.6 Å². The first-order valence-corrected chi connectivity index (χ1v) is 7.31. The molecule has 0 amide bonds. The van der Waals surface area contributed by atoms with Crippen molar-refractivity contribution in [1.29, 1.82) is 0 Å². The van der Waals surface area contributed by atoms with Gasteiger partial charge in [-0.3, -0.25) is 0 Å². The van der Waals surface area contributed by atoms with E-state index in [1.807, 2.05) is 18.2 Å². The second-order valence-corrected chi connectivity index (χ2v) is 5.54. The standard InChI is InChI=1S/C14H20N4S/c1-4-13-16-14(19-17-13)18(10(2)3)9-11-6-5-7-12(15)8-11/h5-8,10H,4,9,15H2,1-3H3. The van der Waals surface area contributed by atoms with Crippen LogP contribution in [0.15, 0.2) is 24.3 Å². The van der Waals surface area contributed by atoms with Gasteiger partial charge in [0.15, 0.2) is 0 Å².